The Balaban J connectivity index is 1.57. The van der Waals surface area contributed by atoms with Gasteiger partial charge in [0.05, 0.1) is 24.6 Å². The molecule has 0 fully saturated rings. The molecule has 132 valence electrons. The number of nitrogens with zero attached hydrogens (tertiary/aromatic N) is 4. The van der Waals surface area contributed by atoms with Crippen molar-refractivity contribution in [3.63, 3.8) is 0 Å². The van der Waals surface area contributed by atoms with Crippen LogP contribution in [0.1, 0.15) is 22.5 Å². The van der Waals surface area contributed by atoms with Crippen LogP contribution < -0.4 is 4.74 Å². The van der Waals surface area contributed by atoms with E-state index in [-0.39, 0.29) is 11.9 Å². The third-order valence-corrected chi connectivity index (χ3v) is 4.65. The van der Waals surface area contributed by atoms with Crippen LogP contribution >= 0.6 is 0 Å². The van der Waals surface area contributed by atoms with Crippen molar-refractivity contribution in [2.45, 2.75) is 25.6 Å². The Labute approximate surface area is 152 Å². The van der Waals surface area contributed by atoms with E-state index in [4.69, 9.17) is 4.74 Å². The Hall–Kier alpha value is -3.15. The minimum Gasteiger partial charge on any atom is -0.491 e. The topological polar surface area (TPSA) is 60.2 Å². The number of benzene rings is 1. The summed E-state index contributed by atoms with van der Waals surface area (Å²) in [5, 5.41) is 0. The predicted molar refractivity (Wildman–Crippen MR) is 96.7 cm³/mol. The Morgan fingerprint density at radius 3 is 2.73 bits per heavy atom. The number of imidazole rings is 1. The van der Waals surface area contributed by atoms with Crippen molar-refractivity contribution in [1.82, 2.24) is 19.4 Å². The number of carbonyl (C=O) groups excluding carboxylic acids is 1. The van der Waals surface area contributed by atoms with Gasteiger partial charge in [0, 0.05) is 30.7 Å². The summed E-state index contributed by atoms with van der Waals surface area (Å²) in [6.45, 7) is 1.79. The van der Waals surface area contributed by atoms with E-state index < -0.39 is 0 Å². The van der Waals surface area contributed by atoms with Crippen LogP contribution in [0.4, 0.5) is 0 Å². The van der Waals surface area contributed by atoms with E-state index in [1.807, 2.05) is 47.8 Å². The third-order valence-electron chi connectivity index (χ3n) is 4.65. The number of aromatic nitrogens is 3. The summed E-state index contributed by atoms with van der Waals surface area (Å²) in [5.74, 6) is 0.804. The fraction of sp³-hybridized carbons (Fsp3) is 0.250. The second-order valence-electron chi connectivity index (χ2n) is 6.31. The lowest BCUT2D eigenvalue weighted by Gasteiger charge is -2.29. The molecule has 1 amide bonds. The van der Waals surface area contributed by atoms with Crippen LogP contribution in [0.15, 0.2) is 67.4 Å². The first-order valence-corrected chi connectivity index (χ1v) is 8.69. The van der Waals surface area contributed by atoms with E-state index in [9.17, 15) is 4.79 Å². The van der Waals surface area contributed by atoms with Crippen LogP contribution in [0.5, 0.6) is 5.75 Å². The molecule has 0 saturated heterocycles. The van der Waals surface area contributed by atoms with E-state index in [1.165, 1.54) is 0 Å². The van der Waals surface area contributed by atoms with Crippen LogP contribution in [-0.4, -0.2) is 38.0 Å². The molecule has 0 radical (unpaired) electrons. The van der Waals surface area contributed by atoms with Gasteiger partial charge in [0.25, 0.3) is 5.91 Å². The molecule has 0 bridgehead atoms. The average Bonchev–Trinajstić information content (AvgIpc) is 3.07. The number of aryl methyl sites for hydroxylation is 1. The molecule has 0 spiro atoms. The number of carbonyl (C=O) groups is 1. The van der Waals surface area contributed by atoms with Gasteiger partial charge in [0.2, 0.25) is 0 Å². The summed E-state index contributed by atoms with van der Waals surface area (Å²) in [4.78, 5) is 23.2. The number of amides is 1. The molecule has 1 unspecified atom stereocenters. The summed E-state index contributed by atoms with van der Waals surface area (Å²) in [5.41, 5.74) is 1.67. The summed E-state index contributed by atoms with van der Waals surface area (Å²) >= 11 is 0. The molecule has 0 aliphatic carbocycles. The van der Waals surface area contributed by atoms with Crippen LogP contribution in [0.3, 0.4) is 0 Å². The SMILES string of the molecule is O=C(c1ccncc1)N1Cc2cncn2CCC1COc1ccccc1. The molecule has 0 saturated carbocycles. The Bertz CT molecular complexity index is 864. The third kappa shape index (κ3) is 3.44. The molecule has 1 aliphatic heterocycles. The highest BCUT2D eigenvalue weighted by Crippen LogP contribution is 2.21. The van der Waals surface area contributed by atoms with Gasteiger partial charge in [-0.05, 0) is 30.7 Å². The highest BCUT2D eigenvalue weighted by molar-refractivity contribution is 5.94. The maximum atomic E-state index is 13.1. The highest BCUT2D eigenvalue weighted by Gasteiger charge is 2.29. The van der Waals surface area contributed by atoms with E-state index in [0.717, 1.165) is 24.4 Å². The average molecular weight is 348 g/mol. The number of rotatable bonds is 4. The molecule has 4 rings (SSSR count). The fourth-order valence-corrected chi connectivity index (χ4v) is 3.21. The number of hydrogen-bond acceptors (Lipinski definition) is 4. The lowest BCUT2D eigenvalue weighted by Crippen LogP contribution is -2.42. The van der Waals surface area contributed by atoms with Crippen molar-refractivity contribution in [2.75, 3.05) is 6.61 Å². The van der Waals surface area contributed by atoms with Gasteiger partial charge < -0.3 is 14.2 Å². The number of para-hydroxylation sites is 1. The van der Waals surface area contributed by atoms with Crippen molar-refractivity contribution in [1.29, 1.82) is 0 Å². The van der Waals surface area contributed by atoms with E-state index in [2.05, 4.69) is 14.5 Å². The zero-order valence-corrected chi connectivity index (χ0v) is 14.4. The fourth-order valence-electron chi connectivity index (χ4n) is 3.21. The highest BCUT2D eigenvalue weighted by atomic mass is 16.5. The first-order chi connectivity index (χ1) is 12.8. The zero-order chi connectivity index (χ0) is 17.8. The van der Waals surface area contributed by atoms with Crippen LogP contribution in [0.25, 0.3) is 0 Å². The molecule has 0 N–H and O–H groups in total. The van der Waals surface area contributed by atoms with Crippen molar-refractivity contribution in [3.8, 4) is 5.75 Å². The number of ether oxygens (including phenoxy) is 1. The molecule has 6 heteroatoms. The monoisotopic (exact) mass is 348 g/mol. The van der Waals surface area contributed by atoms with Gasteiger partial charge in [0.1, 0.15) is 12.4 Å². The molecular weight excluding hydrogens is 328 g/mol. The van der Waals surface area contributed by atoms with Gasteiger partial charge in [-0.25, -0.2) is 4.98 Å². The minimum absolute atomic E-state index is 0.0105. The molecule has 26 heavy (non-hydrogen) atoms. The standard InChI is InChI=1S/C20H20N4O2/c25-20(16-6-9-21-10-7-16)24-13-18-12-22-15-23(18)11-8-17(24)14-26-19-4-2-1-3-5-19/h1-7,9-10,12,15,17H,8,11,13-14H2. The van der Waals surface area contributed by atoms with E-state index in [1.54, 1.807) is 24.5 Å². The molecule has 1 aromatic carbocycles. The maximum Gasteiger partial charge on any atom is 0.254 e. The van der Waals surface area contributed by atoms with E-state index >= 15 is 0 Å². The number of pyridine rings is 1. The first kappa shape index (κ1) is 16.3. The van der Waals surface area contributed by atoms with Gasteiger partial charge in [-0.1, -0.05) is 18.2 Å². The normalized spacial score (nSPS) is 16.6. The van der Waals surface area contributed by atoms with Gasteiger partial charge in [-0.2, -0.15) is 0 Å². The molecule has 1 atom stereocenters. The van der Waals surface area contributed by atoms with Crippen molar-refractivity contribution >= 4 is 5.91 Å². The lowest BCUT2D eigenvalue weighted by molar-refractivity contribution is 0.0589. The Morgan fingerprint density at radius 1 is 1.12 bits per heavy atom. The smallest absolute Gasteiger partial charge is 0.254 e. The molecule has 6 nitrogen and oxygen atoms in total. The van der Waals surface area contributed by atoms with Gasteiger partial charge in [-0.15, -0.1) is 0 Å². The Morgan fingerprint density at radius 2 is 1.92 bits per heavy atom. The van der Waals surface area contributed by atoms with Crippen molar-refractivity contribution in [3.05, 3.63) is 78.6 Å². The summed E-state index contributed by atoms with van der Waals surface area (Å²) in [6, 6.07) is 13.2. The maximum absolute atomic E-state index is 13.1. The summed E-state index contributed by atoms with van der Waals surface area (Å²) in [7, 11) is 0. The molecule has 3 aromatic rings. The first-order valence-electron chi connectivity index (χ1n) is 8.69. The summed E-state index contributed by atoms with van der Waals surface area (Å²) in [6.07, 6.45) is 7.75. The van der Waals surface area contributed by atoms with Gasteiger partial charge >= 0.3 is 0 Å². The molecular formula is C20H20N4O2. The van der Waals surface area contributed by atoms with Crippen molar-refractivity contribution < 1.29 is 9.53 Å². The minimum atomic E-state index is -0.0178. The lowest BCUT2D eigenvalue weighted by atomic mass is 10.1. The molecule has 1 aliphatic rings. The van der Waals surface area contributed by atoms with Crippen LogP contribution in [0.2, 0.25) is 0 Å². The molecule has 3 heterocycles. The van der Waals surface area contributed by atoms with E-state index in [0.29, 0.717) is 18.7 Å². The van der Waals surface area contributed by atoms with Crippen molar-refractivity contribution in [2.24, 2.45) is 0 Å². The summed E-state index contributed by atoms with van der Waals surface area (Å²) < 4.78 is 8.07. The quantitative estimate of drug-likeness (QED) is 0.727. The zero-order valence-electron chi connectivity index (χ0n) is 14.4. The second-order valence-corrected chi connectivity index (χ2v) is 6.31. The number of hydrogen-bond donors (Lipinski definition) is 0. The molecule has 2 aromatic heterocycles. The van der Waals surface area contributed by atoms with Gasteiger partial charge in [0.15, 0.2) is 0 Å². The predicted octanol–water partition coefficient (Wildman–Crippen LogP) is 2.77. The van der Waals surface area contributed by atoms with Crippen LogP contribution in [-0.2, 0) is 13.1 Å². The Kier molecular flexibility index (Phi) is 4.64. The van der Waals surface area contributed by atoms with Gasteiger partial charge in [-0.3, -0.25) is 9.78 Å². The van der Waals surface area contributed by atoms with Crippen LogP contribution in [0, 0.1) is 0 Å². The second kappa shape index (κ2) is 7.39. The number of fused-ring (bicyclic) bond motifs is 1. The largest absolute Gasteiger partial charge is 0.491 e.